The zero-order chi connectivity index (χ0) is 18.4. The van der Waals surface area contributed by atoms with E-state index in [9.17, 15) is 4.79 Å². The molecule has 3 rings (SSSR count). The SMILES string of the molecule is CC=Cc1ccc(OCC(=O)NC2CCCc3ccccc32)c(OC)c1. The quantitative estimate of drug-likeness (QED) is 0.844. The highest BCUT2D eigenvalue weighted by Crippen LogP contribution is 2.30. The van der Waals surface area contributed by atoms with Gasteiger partial charge in [-0.25, -0.2) is 0 Å². The summed E-state index contributed by atoms with van der Waals surface area (Å²) in [6, 6.07) is 14.0. The minimum absolute atomic E-state index is 0.0298. The zero-order valence-electron chi connectivity index (χ0n) is 15.3. The molecule has 1 aliphatic carbocycles. The third-order valence-corrected chi connectivity index (χ3v) is 4.61. The lowest BCUT2D eigenvalue weighted by Crippen LogP contribution is -2.34. The van der Waals surface area contributed by atoms with Crippen LogP contribution < -0.4 is 14.8 Å². The summed E-state index contributed by atoms with van der Waals surface area (Å²) in [4.78, 5) is 12.4. The highest BCUT2D eigenvalue weighted by molar-refractivity contribution is 5.78. The monoisotopic (exact) mass is 351 g/mol. The molecule has 0 bridgehead atoms. The van der Waals surface area contributed by atoms with Gasteiger partial charge in [-0.1, -0.05) is 42.5 Å². The number of rotatable bonds is 6. The maximum Gasteiger partial charge on any atom is 0.258 e. The fraction of sp³-hybridized carbons (Fsp3) is 0.318. The summed E-state index contributed by atoms with van der Waals surface area (Å²) in [5.41, 5.74) is 3.58. The van der Waals surface area contributed by atoms with Crippen LogP contribution in [0.1, 0.15) is 42.5 Å². The second-order valence-corrected chi connectivity index (χ2v) is 6.41. The molecule has 4 heteroatoms. The van der Waals surface area contributed by atoms with Crippen LogP contribution >= 0.6 is 0 Å². The first-order valence-electron chi connectivity index (χ1n) is 9.02. The van der Waals surface area contributed by atoms with E-state index < -0.39 is 0 Å². The summed E-state index contributed by atoms with van der Waals surface area (Å²) in [6.45, 7) is 1.93. The van der Waals surface area contributed by atoms with E-state index in [1.54, 1.807) is 7.11 Å². The molecule has 2 aromatic carbocycles. The Morgan fingerprint density at radius 2 is 2.08 bits per heavy atom. The van der Waals surface area contributed by atoms with Gasteiger partial charge in [0, 0.05) is 0 Å². The van der Waals surface area contributed by atoms with E-state index in [-0.39, 0.29) is 18.6 Å². The first-order valence-corrected chi connectivity index (χ1v) is 9.02. The topological polar surface area (TPSA) is 47.6 Å². The van der Waals surface area contributed by atoms with Gasteiger partial charge < -0.3 is 14.8 Å². The predicted molar refractivity (Wildman–Crippen MR) is 103 cm³/mol. The summed E-state index contributed by atoms with van der Waals surface area (Å²) in [5, 5.41) is 3.10. The average Bonchev–Trinajstić information content (AvgIpc) is 2.67. The van der Waals surface area contributed by atoms with E-state index in [0.717, 1.165) is 24.8 Å². The molecule has 26 heavy (non-hydrogen) atoms. The van der Waals surface area contributed by atoms with E-state index in [4.69, 9.17) is 9.47 Å². The number of allylic oxidation sites excluding steroid dienone is 1. The van der Waals surface area contributed by atoms with Gasteiger partial charge in [-0.15, -0.1) is 0 Å². The van der Waals surface area contributed by atoms with Crippen LogP contribution in [0.2, 0.25) is 0 Å². The zero-order valence-corrected chi connectivity index (χ0v) is 15.3. The Morgan fingerprint density at radius 3 is 2.88 bits per heavy atom. The van der Waals surface area contributed by atoms with E-state index in [0.29, 0.717) is 11.5 Å². The van der Waals surface area contributed by atoms with Gasteiger partial charge in [0.05, 0.1) is 13.2 Å². The van der Waals surface area contributed by atoms with Crippen molar-refractivity contribution in [2.24, 2.45) is 0 Å². The minimum atomic E-state index is -0.119. The van der Waals surface area contributed by atoms with Crippen LogP contribution in [0.4, 0.5) is 0 Å². The van der Waals surface area contributed by atoms with Gasteiger partial charge in [0.1, 0.15) is 0 Å². The number of carbonyl (C=O) groups excluding carboxylic acids is 1. The first kappa shape index (κ1) is 18.1. The van der Waals surface area contributed by atoms with E-state index in [2.05, 4.69) is 23.5 Å². The van der Waals surface area contributed by atoms with Crippen LogP contribution in [0.5, 0.6) is 11.5 Å². The Morgan fingerprint density at radius 1 is 1.23 bits per heavy atom. The normalized spacial score (nSPS) is 16.2. The van der Waals surface area contributed by atoms with E-state index >= 15 is 0 Å². The van der Waals surface area contributed by atoms with Crippen LogP contribution in [-0.2, 0) is 11.2 Å². The lowest BCUT2D eigenvalue weighted by molar-refractivity contribution is -0.124. The summed E-state index contributed by atoms with van der Waals surface area (Å²) in [6.07, 6.45) is 7.08. The highest BCUT2D eigenvalue weighted by Gasteiger charge is 2.21. The highest BCUT2D eigenvalue weighted by atomic mass is 16.5. The molecule has 136 valence electrons. The Labute approximate surface area is 154 Å². The van der Waals surface area contributed by atoms with Gasteiger partial charge in [0.15, 0.2) is 18.1 Å². The molecule has 0 aromatic heterocycles. The Kier molecular flexibility index (Phi) is 5.95. The molecule has 4 nitrogen and oxygen atoms in total. The number of carbonyl (C=O) groups is 1. The Hall–Kier alpha value is -2.75. The molecule has 1 amide bonds. The number of aryl methyl sites for hydroxylation is 1. The van der Waals surface area contributed by atoms with E-state index in [1.165, 1.54) is 11.1 Å². The molecule has 1 N–H and O–H groups in total. The first-order chi connectivity index (χ1) is 12.7. The molecule has 0 saturated carbocycles. The van der Waals surface area contributed by atoms with Crippen molar-refractivity contribution >= 4 is 12.0 Å². The van der Waals surface area contributed by atoms with Crippen LogP contribution in [0.3, 0.4) is 0 Å². The summed E-state index contributed by atoms with van der Waals surface area (Å²) < 4.78 is 11.1. The molecule has 0 spiro atoms. The van der Waals surface area contributed by atoms with Crippen molar-refractivity contribution in [3.05, 3.63) is 65.2 Å². The molecule has 0 fully saturated rings. The number of amides is 1. The molecule has 0 radical (unpaired) electrons. The predicted octanol–water partition coefficient (Wildman–Crippen LogP) is 4.30. The maximum atomic E-state index is 12.4. The molecule has 1 unspecified atom stereocenters. The van der Waals surface area contributed by atoms with Gasteiger partial charge in [-0.2, -0.15) is 0 Å². The summed E-state index contributed by atoms with van der Waals surface area (Å²) in [5.74, 6) is 1.07. The molecular formula is C22H25NO3. The number of hydrogen-bond donors (Lipinski definition) is 1. The molecule has 0 heterocycles. The Bertz CT molecular complexity index is 798. The molecule has 1 aliphatic rings. The second kappa shape index (κ2) is 8.56. The average molecular weight is 351 g/mol. The van der Waals surface area contributed by atoms with Crippen molar-refractivity contribution in [2.45, 2.75) is 32.2 Å². The molecule has 0 aliphatic heterocycles. The van der Waals surface area contributed by atoms with Gasteiger partial charge in [0.2, 0.25) is 0 Å². The minimum Gasteiger partial charge on any atom is -0.493 e. The fourth-order valence-corrected chi connectivity index (χ4v) is 3.38. The maximum absolute atomic E-state index is 12.4. The lowest BCUT2D eigenvalue weighted by atomic mass is 9.88. The molecular weight excluding hydrogens is 326 g/mol. The number of ether oxygens (including phenoxy) is 2. The van der Waals surface area contributed by atoms with Gasteiger partial charge in [-0.05, 0) is 55.0 Å². The molecule has 1 atom stereocenters. The number of benzene rings is 2. The fourth-order valence-electron chi connectivity index (χ4n) is 3.38. The van der Waals surface area contributed by atoms with Gasteiger partial charge in [0.25, 0.3) is 5.91 Å². The van der Waals surface area contributed by atoms with Gasteiger partial charge >= 0.3 is 0 Å². The second-order valence-electron chi connectivity index (χ2n) is 6.41. The standard InChI is InChI=1S/C22H25NO3/c1-3-7-16-12-13-20(21(14-16)25-2)26-15-22(24)23-19-11-6-9-17-8-4-5-10-18(17)19/h3-5,7-8,10,12-14,19H,6,9,11,15H2,1-2H3,(H,23,24). The van der Waals surface area contributed by atoms with Crippen molar-refractivity contribution in [1.29, 1.82) is 0 Å². The lowest BCUT2D eigenvalue weighted by Gasteiger charge is -2.26. The van der Waals surface area contributed by atoms with Crippen molar-refractivity contribution in [3.8, 4) is 11.5 Å². The molecule has 2 aromatic rings. The number of hydrogen-bond acceptors (Lipinski definition) is 3. The van der Waals surface area contributed by atoms with Crippen molar-refractivity contribution in [1.82, 2.24) is 5.32 Å². The van der Waals surface area contributed by atoms with Crippen molar-refractivity contribution in [3.63, 3.8) is 0 Å². The summed E-state index contributed by atoms with van der Waals surface area (Å²) in [7, 11) is 1.60. The van der Waals surface area contributed by atoms with Gasteiger partial charge in [-0.3, -0.25) is 4.79 Å². The summed E-state index contributed by atoms with van der Waals surface area (Å²) >= 11 is 0. The van der Waals surface area contributed by atoms with Crippen molar-refractivity contribution < 1.29 is 14.3 Å². The number of fused-ring (bicyclic) bond motifs is 1. The van der Waals surface area contributed by atoms with Crippen LogP contribution in [0.15, 0.2) is 48.5 Å². The molecule has 0 saturated heterocycles. The Balaban J connectivity index is 1.61. The van der Waals surface area contributed by atoms with Crippen LogP contribution in [0.25, 0.3) is 6.08 Å². The van der Waals surface area contributed by atoms with Crippen LogP contribution in [-0.4, -0.2) is 19.6 Å². The van der Waals surface area contributed by atoms with E-state index in [1.807, 2.05) is 43.3 Å². The third-order valence-electron chi connectivity index (χ3n) is 4.61. The third kappa shape index (κ3) is 4.26. The van der Waals surface area contributed by atoms with Crippen molar-refractivity contribution in [2.75, 3.05) is 13.7 Å². The largest absolute Gasteiger partial charge is 0.493 e. The number of nitrogens with one attached hydrogen (secondary N) is 1. The smallest absolute Gasteiger partial charge is 0.258 e. The number of methoxy groups -OCH3 is 1. The van der Waals surface area contributed by atoms with Crippen LogP contribution in [0, 0.1) is 0 Å².